The quantitative estimate of drug-likeness (QED) is 0.636. The van der Waals surface area contributed by atoms with E-state index in [0.29, 0.717) is 18.5 Å². The van der Waals surface area contributed by atoms with Crippen LogP contribution in [-0.2, 0) is 4.79 Å². The highest BCUT2D eigenvalue weighted by molar-refractivity contribution is 9.10. The number of amides is 1. The summed E-state index contributed by atoms with van der Waals surface area (Å²) in [5.41, 5.74) is 0.563. The molecule has 2 rings (SSSR count). The summed E-state index contributed by atoms with van der Waals surface area (Å²) in [5.74, 6) is -0.443. The van der Waals surface area contributed by atoms with Gasteiger partial charge in [-0.3, -0.25) is 9.59 Å². The average Bonchev–Trinajstić information content (AvgIpc) is 2.86. The van der Waals surface area contributed by atoms with Crippen LogP contribution in [0.1, 0.15) is 16.8 Å². The monoisotopic (exact) mass is 347 g/mol. The van der Waals surface area contributed by atoms with Gasteiger partial charge in [0.25, 0.3) is 0 Å². The van der Waals surface area contributed by atoms with E-state index in [9.17, 15) is 9.59 Å². The van der Waals surface area contributed by atoms with Gasteiger partial charge >= 0.3 is 0 Å². The lowest BCUT2D eigenvalue weighted by atomic mass is 10.1. The lowest BCUT2D eigenvalue weighted by molar-refractivity contribution is -0.124. The van der Waals surface area contributed by atoms with Crippen LogP contribution in [-0.4, -0.2) is 43.6 Å². The predicted molar refractivity (Wildman–Crippen MR) is 84.2 cm³/mol. The third kappa shape index (κ3) is 3.93. The maximum Gasteiger partial charge on any atom is 0.236 e. The predicted octanol–water partition coefficient (Wildman–Crippen LogP) is 0.510. The fourth-order valence-electron chi connectivity index (χ4n) is 2.42. The number of Topliss-reactive ketones (excluding diaryl/α,β-unsaturated/α-hetero) is 1. The number of ketones is 1. The Morgan fingerprint density at radius 1 is 1.43 bits per heavy atom. The minimum absolute atomic E-state index is 0.0258. The molecule has 7 heteroatoms. The summed E-state index contributed by atoms with van der Waals surface area (Å²) >= 11 is 3.31. The second kappa shape index (κ2) is 6.88. The summed E-state index contributed by atoms with van der Waals surface area (Å²) < 4.78 is 0.901. The van der Waals surface area contributed by atoms with Gasteiger partial charge in [-0.05, 0) is 18.6 Å². The lowest BCUT2D eigenvalue weighted by Crippen LogP contribution is -2.43. The zero-order chi connectivity index (χ0) is 15.4. The molecule has 0 aromatic heterocycles. The number of nitriles is 1. The topological polar surface area (TPSA) is 73.2 Å². The molecule has 1 N–H and O–H groups in total. The van der Waals surface area contributed by atoms with E-state index in [0.717, 1.165) is 4.47 Å². The highest BCUT2D eigenvalue weighted by Crippen LogP contribution is 2.20. The molecule has 0 radical (unpaired) electrons. The summed E-state index contributed by atoms with van der Waals surface area (Å²) in [6, 6.07) is 8.86. The van der Waals surface area contributed by atoms with Gasteiger partial charge in [0.2, 0.25) is 5.91 Å². The van der Waals surface area contributed by atoms with E-state index in [4.69, 9.17) is 5.26 Å². The first-order valence-electron chi connectivity index (χ1n) is 6.67. The van der Waals surface area contributed by atoms with E-state index in [1.165, 1.54) is 0 Å². The highest BCUT2D eigenvalue weighted by atomic mass is 79.9. The second-order valence-electron chi connectivity index (χ2n) is 5.16. The molecule has 1 aliphatic rings. The van der Waals surface area contributed by atoms with Crippen LogP contribution in [0.2, 0.25) is 0 Å². The Balaban J connectivity index is 1.88. The average molecular weight is 348 g/mol. The first kappa shape index (κ1) is 15.7. The van der Waals surface area contributed by atoms with Crippen LogP contribution in [0.5, 0.6) is 0 Å². The number of rotatable bonds is 4. The normalized spacial score (nSPS) is 21.7. The summed E-state index contributed by atoms with van der Waals surface area (Å²) in [4.78, 5) is 25.9. The van der Waals surface area contributed by atoms with Gasteiger partial charge in [-0.1, -0.05) is 28.1 Å². The zero-order valence-corrected chi connectivity index (χ0v) is 13.3. The molecule has 0 spiro atoms. The molecule has 1 aromatic rings. The van der Waals surface area contributed by atoms with Crippen molar-refractivity contribution in [2.75, 3.05) is 13.1 Å². The Morgan fingerprint density at radius 3 is 2.67 bits per heavy atom. The van der Waals surface area contributed by atoms with Crippen molar-refractivity contribution in [3.05, 3.63) is 34.3 Å². The smallest absolute Gasteiger partial charge is 0.236 e. The van der Waals surface area contributed by atoms with E-state index in [2.05, 4.69) is 27.3 Å². The molecule has 1 aliphatic heterocycles. The van der Waals surface area contributed by atoms with Gasteiger partial charge in [-0.15, -0.1) is 0 Å². The Kier molecular flexibility index (Phi) is 5.15. The van der Waals surface area contributed by atoms with Crippen LogP contribution in [0.15, 0.2) is 28.7 Å². The van der Waals surface area contributed by atoms with Crippen molar-refractivity contribution in [2.45, 2.75) is 12.5 Å². The molecule has 21 heavy (non-hydrogen) atoms. The van der Waals surface area contributed by atoms with Gasteiger partial charge in [0.05, 0.1) is 24.6 Å². The summed E-state index contributed by atoms with van der Waals surface area (Å²) in [6.07, 6.45) is 0.519. The van der Waals surface area contributed by atoms with E-state index in [1.807, 2.05) is 12.8 Å². The number of hydrogen-bond donors (Lipinski definition) is 1. The van der Waals surface area contributed by atoms with E-state index >= 15 is 0 Å². The molecule has 1 heterocycles. The zero-order valence-electron chi connectivity index (χ0n) is 11.7. The van der Waals surface area contributed by atoms with E-state index in [1.54, 1.807) is 24.3 Å². The highest BCUT2D eigenvalue weighted by Gasteiger charge is 2.33. The first-order valence-corrected chi connectivity index (χ1v) is 7.47. The SMILES string of the molecule is BN1C[C@H](C#N)C[C@H]1C(=O)NCC(=O)c1ccc(Br)cc1. The fourth-order valence-corrected chi connectivity index (χ4v) is 2.69. The Labute approximate surface area is 132 Å². The Morgan fingerprint density at radius 2 is 2.10 bits per heavy atom. The molecule has 0 unspecified atom stereocenters. The Hall–Kier alpha value is -1.65. The van der Waals surface area contributed by atoms with E-state index < -0.39 is 0 Å². The van der Waals surface area contributed by atoms with Gasteiger partial charge in [-0.25, -0.2) is 0 Å². The van der Waals surface area contributed by atoms with Crippen LogP contribution < -0.4 is 5.32 Å². The molecule has 108 valence electrons. The maximum atomic E-state index is 12.1. The molecule has 0 bridgehead atoms. The second-order valence-corrected chi connectivity index (χ2v) is 6.08. The van der Waals surface area contributed by atoms with Crippen molar-refractivity contribution in [3.63, 3.8) is 0 Å². The van der Waals surface area contributed by atoms with Crippen molar-refractivity contribution in [2.24, 2.45) is 5.92 Å². The lowest BCUT2D eigenvalue weighted by Gasteiger charge is -2.18. The van der Waals surface area contributed by atoms with Crippen molar-refractivity contribution < 1.29 is 9.59 Å². The van der Waals surface area contributed by atoms with Gasteiger partial charge in [0.1, 0.15) is 0 Å². The van der Waals surface area contributed by atoms with Crippen molar-refractivity contribution in [1.29, 1.82) is 5.26 Å². The van der Waals surface area contributed by atoms with Crippen LogP contribution in [0.3, 0.4) is 0 Å². The molecular weight excluding hydrogens is 333 g/mol. The molecule has 1 fully saturated rings. The molecular formula is C14H15BBrN3O2. The maximum absolute atomic E-state index is 12.1. The minimum atomic E-state index is -0.327. The van der Waals surface area contributed by atoms with Crippen LogP contribution in [0.25, 0.3) is 0 Å². The van der Waals surface area contributed by atoms with Gasteiger partial charge in [0, 0.05) is 16.6 Å². The number of carbonyl (C=O) groups excluding carboxylic acids is 2. The number of nitrogens with one attached hydrogen (secondary N) is 1. The van der Waals surface area contributed by atoms with E-state index in [-0.39, 0.29) is 30.2 Å². The summed E-state index contributed by atoms with van der Waals surface area (Å²) in [7, 11) is 1.82. The Bertz CT molecular complexity index is 585. The molecule has 1 saturated heterocycles. The third-order valence-electron chi connectivity index (χ3n) is 3.62. The minimum Gasteiger partial charge on any atom is -0.347 e. The van der Waals surface area contributed by atoms with Gasteiger partial charge in [0.15, 0.2) is 13.8 Å². The molecule has 0 saturated carbocycles. The number of carbonyl (C=O) groups is 2. The standard InChI is InChI=1S/C14H15BBrN3O2/c15-19-8-9(6-17)5-12(19)14(21)18-7-13(20)10-1-3-11(16)4-2-10/h1-4,9,12H,5,7-8,15H2,(H,18,21)/t9-,12-/m0/s1. The molecule has 2 atom stereocenters. The van der Waals surface area contributed by atoms with Crippen molar-refractivity contribution in [3.8, 4) is 6.07 Å². The number of benzene rings is 1. The first-order chi connectivity index (χ1) is 10.0. The van der Waals surface area contributed by atoms with Crippen molar-refractivity contribution in [1.82, 2.24) is 10.1 Å². The van der Waals surface area contributed by atoms with Crippen molar-refractivity contribution >= 4 is 35.6 Å². The van der Waals surface area contributed by atoms with Crippen LogP contribution in [0.4, 0.5) is 0 Å². The third-order valence-corrected chi connectivity index (χ3v) is 4.15. The molecule has 0 aliphatic carbocycles. The fraction of sp³-hybridized carbons (Fsp3) is 0.357. The van der Waals surface area contributed by atoms with Gasteiger partial charge in [-0.2, -0.15) is 5.26 Å². The summed E-state index contributed by atoms with van der Waals surface area (Å²) in [5, 5.41) is 11.6. The molecule has 5 nitrogen and oxygen atoms in total. The molecule has 1 aromatic carbocycles. The summed E-state index contributed by atoms with van der Waals surface area (Å²) in [6.45, 7) is 0.567. The van der Waals surface area contributed by atoms with Gasteiger partial charge < -0.3 is 10.1 Å². The van der Waals surface area contributed by atoms with Crippen LogP contribution >= 0.6 is 15.9 Å². The number of hydrogen-bond acceptors (Lipinski definition) is 4. The number of halogens is 1. The molecule has 1 amide bonds. The largest absolute Gasteiger partial charge is 0.347 e. The number of nitrogens with zero attached hydrogens (tertiary/aromatic N) is 2. The van der Waals surface area contributed by atoms with Crippen LogP contribution in [0, 0.1) is 17.2 Å².